The second-order valence-corrected chi connectivity index (χ2v) is 9.44. The molecule has 0 radical (unpaired) electrons. The molecule has 0 saturated heterocycles. The predicted molar refractivity (Wildman–Crippen MR) is 111 cm³/mol. The monoisotopic (exact) mass is 432 g/mol. The summed E-state index contributed by atoms with van der Waals surface area (Å²) in [6.45, 7) is 1.04. The number of aliphatic carboxylic acids is 1. The molecule has 0 fully saturated rings. The molecule has 0 heterocycles. The maximum atomic E-state index is 12.1. The number of rotatable bonds is 16. The van der Waals surface area contributed by atoms with Gasteiger partial charge in [0, 0.05) is 0 Å². The van der Waals surface area contributed by atoms with Crippen molar-refractivity contribution >= 4 is 13.8 Å². The Bertz CT molecular complexity index is 633. The first kappa shape index (κ1) is 25.6. The molecule has 0 aliphatic carbocycles. The number of ether oxygens (including phenoxy) is 1. The summed E-state index contributed by atoms with van der Waals surface area (Å²) in [5.41, 5.74) is 0. The highest BCUT2D eigenvalue weighted by molar-refractivity contribution is 7.47. The van der Waals surface area contributed by atoms with Crippen LogP contribution in [0.5, 0.6) is 5.75 Å². The standard InChI is InChI=1S/C20H34NO7P/c1-21(2,3)17-19(16-20(22)23)28-29(24,25)27-15-11-6-4-5-10-14-26-18-12-8-7-9-13-18/h7-9,12-13,19H,4-6,10-11,14-17H2,1-3H3,(H-,22,23,24,25)/p+1/t19-/m1/s1. The summed E-state index contributed by atoms with van der Waals surface area (Å²) in [6.07, 6.45) is 3.17. The minimum absolute atomic E-state index is 0.0957. The van der Waals surface area contributed by atoms with E-state index in [4.69, 9.17) is 18.9 Å². The molecule has 166 valence electrons. The molecular weight excluding hydrogens is 397 g/mol. The third kappa shape index (κ3) is 14.2. The van der Waals surface area contributed by atoms with Crippen molar-refractivity contribution < 1.29 is 37.6 Å². The van der Waals surface area contributed by atoms with Gasteiger partial charge in [-0.1, -0.05) is 37.5 Å². The third-order valence-corrected chi connectivity index (χ3v) is 5.06. The zero-order valence-corrected chi connectivity index (χ0v) is 18.6. The van der Waals surface area contributed by atoms with Crippen LogP contribution in [0.2, 0.25) is 0 Å². The van der Waals surface area contributed by atoms with Crippen LogP contribution < -0.4 is 4.74 Å². The van der Waals surface area contributed by atoms with Gasteiger partial charge in [-0.3, -0.25) is 13.8 Å². The van der Waals surface area contributed by atoms with E-state index in [0.717, 1.165) is 31.4 Å². The fraction of sp³-hybridized carbons (Fsp3) is 0.650. The van der Waals surface area contributed by atoms with Crippen molar-refractivity contribution in [1.82, 2.24) is 0 Å². The molecule has 8 nitrogen and oxygen atoms in total. The van der Waals surface area contributed by atoms with Gasteiger partial charge in [-0.2, -0.15) is 0 Å². The Morgan fingerprint density at radius 2 is 1.62 bits per heavy atom. The van der Waals surface area contributed by atoms with E-state index >= 15 is 0 Å². The number of phosphoric ester groups is 1. The average molecular weight is 432 g/mol. The highest BCUT2D eigenvalue weighted by Gasteiger charge is 2.31. The lowest BCUT2D eigenvalue weighted by molar-refractivity contribution is -0.873. The molecule has 0 aliphatic heterocycles. The number of hydrogen-bond acceptors (Lipinski definition) is 5. The summed E-state index contributed by atoms with van der Waals surface area (Å²) in [4.78, 5) is 20.8. The van der Waals surface area contributed by atoms with E-state index < -0.39 is 19.9 Å². The maximum Gasteiger partial charge on any atom is 0.472 e. The molecule has 1 aromatic rings. The summed E-state index contributed by atoms with van der Waals surface area (Å²) in [6, 6.07) is 9.67. The lowest BCUT2D eigenvalue weighted by Gasteiger charge is -2.29. The largest absolute Gasteiger partial charge is 0.494 e. The summed E-state index contributed by atoms with van der Waals surface area (Å²) >= 11 is 0. The fourth-order valence-corrected chi connectivity index (χ4v) is 3.72. The van der Waals surface area contributed by atoms with Crippen LogP contribution in [-0.4, -0.2) is 67.5 Å². The number of para-hydroxylation sites is 1. The van der Waals surface area contributed by atoms with Gasteiger partial charge < -0.3 is 19.2 Å². The molecule has 0 aromatic heterocycles. The SMILES string of the molecule is C[N+](C)(C)C[C@@H](CC(=O)O)OP(=O)(O)OCCCCCCCOc1ccccc1. The van der Waals surface area contributed by atoms with Crippen LogP contribution in [0.3, 0.4) is 0 Å². The Kier molecular flexibility index (Phi) is 11.5. The lowest BCUT2D eigenvalue weighted by Crippen LogP contribution is -2.42. The van der Waals surface area contributed by atoms with E-state index in [-0.39, 0.29) is 19.6 Å². The van der Waals surface area contributed by atoms with Crippen molar-refractivity contribution in [2.45, 2.75) is 44.6 Å². The Morgan fingerprint density at radius 3 is 2.21 bits per heavy atom. The molecule has 29 heavy (non-hydrogen) atoms. The topological polar surface area (TPSA) is 102 Å². The van der Waals surface area contributed by atoms with Gasteiger partial charge in [0.15, 0.2) is 0 Å². The van der Waals surface area contributed by atoms with Gasteiger partial charge in [-0.15, -0.1) is 0 Å². The van der Waals surface area contributed by atoms with Gasteiger partial charge in [0.1, 0.15) is 18.4 Å². The molecule has 2 atom stereocenters. The lowest BCUT2D eigenvalue weighted by atomic mass is 10.1. The van der Waals surface area contributed by atoms with Gasteiger partial charge >= 0.3 is 13.8 Å². The minimum atomic E-state index is -4.28. The summed E-state index contributed by atoms with van der Waals surface area (Å²) in [5, 5.41) is 8.97. The Hall–Kier alpha value is -1.44. The van der Waals surface area contributed by atoms with Crippen molar-refractivity contribution in [2.75, 3.05) is 40.9 Å². The van der Waals surface area contributed by atoms with E-state index in [1.165, 1.54) is 0 Å². The number of benzene rings is 1. The molecule has 0 bridgehead atoms. The number of carboxylic acid groups (broad SMARTS) is 1. The van der Waals surface area contributed by atoms with E-state index in [1.807, 2.05) is 51.5 Å². The molecule has 0 amide bonds. The van der Waals surface area contributed by atoms with Crippen molar-refractivity contribution in [3.8, 4) is 5.75 Å². The van der Waals surface area contributed by atoms with Crippen molar-refractivity contribution in [1.29, 1.82) is 0 Å². The van der Waals surface area contributed by atoms with Gasteiger partial charge in [0.05, 0.1) is 40.8 Å². The normalized spacial score (nSPS) is 14.9. The second kappa shape index (κ2) is 13.0. The Labute approximate surface area is 173 Å². The molecule has 0 aliphatic rings. The molecule has 1 unspecified atom stereocenters. The predicted octanol–water partition coefficient (Wildman–Crippen LogP) is 3.70. The van der Waals surface area contributed by atoms with Crippen molar-refractivity contribution in [3.05, 3.63) is 30.3 Å². The first-order valence-electron chi connectivity index (χ1n) is 9.93. The van der Waals surface area contributed by atoms with Crippen LogP contribution in [0.4, 0.5) is 0 Å². The number of phosphoric acid groups is 1. The van der Waals surface area contributed by atoms with Crippen LogP contribution >= 0.6 is 7.82 Å². The van der Waals surface area contributed by atoms with Gasteiger partial charge in [-0.05, 0) is 25.0 Å². The molecular formula is C20H35NO7P+. The van der Waals surface area contributed by atoms with Crippen LogP contribution in [0.1, 0.15) is 38.5 Å². The van der Waals surface area contributed by atoms with Crippen LogP contribution in [0.25, 0.3) is 0 Å². The Balaban J connectivity index is 2.16. The number of unbranched alkanes of at least 4 members (excludes halogenated alkanes) is 4. The molecule has 2 N–H and O–H groups in total. The maximum absolute atomic E-state index is 12.1. The Morgan fingerprint density at radius 1 is 1.03 bits per heavy atom. The first-order valence-corrected chi connectivity index (χ1v) is 11.4. The third-order valence-electron chi connectivity index (χ3n) is 3.99. The average Bonchev–Trinajstić information content (AvgIpc) is 2.58. The van der Waals surface area contributed by atoms with Crippen molar-refractivity contribution in [2.24, 2.45) is 0 Å². The van der Waals surface area contributed by atoms with Crippen LogP contribution in [0.15, 0.2) is 30.3 Å². The highest BCUT2D eigenvalue weighted by atomic mass is 31.2. The zero-order valence-electron chi connectivity index (χ0n) is 17.7. The number of nitrogens with zero attached hydrogens (tertiary/aromatic N) is 1. The number of hydrogen-bond donors (Lipinski definition) is 2. The number of quaternary nitrogens is 1. The zero-order chi connectivity index (χ0) is 21.8. The molecule has 0 spiro atoms. The highest BCUT2D eigenvalue weighted by Crippen LogP contribution is 2.45. The number of carboxylic acids is 1. The van der Waals surface area contributed by atoms with Gasteiger partial charge in [0.25, 0.3) is 0 Å². The van der Waals surface area contributed by atoms with E-state index in [1.54, 1.807) is 0 Å². The van der Waals surface area contributed by atoms with Crippen molar-refractivity contribution in [3.63, 3.8) is 0 Å². The van der Waals surface area contributed by atoms with E-state index in [2.05, 4.69) is 0 Å². The summed E-state index contributed by atoms with van der Waals surface area (Å²) < 4.78 is 28.2. The van der Waals surface area contributed by atoms with Gasteiger partial charge in [-0.25, -0.2) is 4.57 Å². The summed E-state index contributed by atoms with van der Waals surface area (Å²) in [5.74, 6) is -0.217. The molecule has 0 saturated carbocycles. The van der Waals surface area contributed by atoms with Crippen LogP contribution in [0, 0.1) is 0 Å². The van der Waals surface area contributed by atoms with Crippen LogP contribution in [-0.2, 0) is 18.4 Å². The van der Waals surface area contributed by atoms with Gasteiger partial charge in [0.2, 0.25) is 0 Å². The first-order chi connectivity index (χ1) is 13.6. The minimum Gasteiger partial charge on any atom is -0.494 e. The molecule has 9 heteroatoms. The van der Waals surface area contributed by atoms with E-state index in [0.29, 0.717) is 17.5 Å². The quantitative estimate of drug-likeness (QED) is 0.233. The smallest absolute Gasteiger partial charge is 0.472 e. The fourth-order valence-electron chi connectivity index (χ4n) is 2.78. The number of carbonyl (C=O) groups is 1. The second-order valence-electron chi connectivity index (χ2n) is 8.03. The number of likely N-dealkylation sites (N-methyl/N-ethyl adjacent to an activating group) is 1. The summed E-state index contributed by atoms with van der Waals surface area (Å²) in [7, 11) is 1.28. The molecule has 1 aromatic carbocycles. The molecule has 1 rings (SSSR count). The van der Waals surface area contributed by atoms with E-state index in [9.17, 15) is 14.3 Å².